The molecule has 0 aliphatic heterocycles. The fraction of sp³-hybridized carbons (Fsp3) is 0.581. The number of hydrogen-bond acceptors (Lipinski definition) is 5. The van der Waals surface area contributed by atoms with Crippen LogP contribution in [-0.4, -0.2) is 63.4 Å². The number of carbonyl (C=O) groups is 1. The highest BCUT2D eigenvalue weighted by atomic mass is 35.5. The molecule has 2 aromatic heterocycles. The van der Waals surface area contributed by atoms with Gasteiger partial charge in [0.05, 0.1) is 23.8 Å². The van der Waals surface area contributed by atoms with E-state index in [4.69, 9.17) is 4.74 Å². The molecule has 0 saturated heterocycles. The van der Waals surface area contributed by atoms with Crippen LogP contribution in [-0.2, 0) is 22.5 Å². The van der Waals surface area contributed by atoms with Gasteiger partial charge in [-0.25, -0.2) is 14.0 Å². The van der Waals surface area contributed by atoms with Gasteiger partial charge >= 0.3 is 11.7 Å². The van der Waals surface area contributed by atoms with Crippen LogP contribution in [0.3, 0.4) is 0 Å². The molecule has 11 heteroatoms. The van der Waals surface area contributed by atoms with Gasteiger partial charge in [-0.05, 0) is 92.8 Å². The number of nitrogens with zero attached hydrogens (tertiary/aromatic N) is 3. The van der Waals surface area contributed by atoms with Crippen molar-refractivity contribution in [1.29, 1.82) is 0 Å². The number of aliphatic carboxylic acids is 1. The molecule has 2 heterocycles. The zero-order valence-electron chi connectivity index (χ0n) is 24.8. The number of halogens is 3. The molecule has 1 unspecified atom stereocenters. The number of nitrogens with one attached hydrogen (secondary N) is 1. The van der Waals surface area contributed by atoms with E-state index in [9.17, 15) is 19.1 Å². The second kappa shape index (κ2) is 17.0. The first-order valence-electron chi connectivity index (χ1n) is 14.6. The highest BCUT2D eigenvalue weighted by Gasteiger charge is 2.33. The van der Waals surface area contributed by atoms with Crippen LogP contribution in [0.15, 0.2) is 41.5 Å². The predicted molar refractivity (Wildman–Crippen MR) is 169 cm³/mol. The fourth-order valence-electron chi connectivity index (χ4n) is 6.17. The van der Waals surface area contributed by atoms with Gasteiger partial charge in [-0.3, -0.25) is 9.55 Å². The number of fused-ring (bicyclic) bond motifs is 2. The number of carboxylic acid groups (broad SMARTS) is 1. The number of benzene rings is 1. The molecule has 1 aromatic carbocycles. The third kappa shape index (κ3) is 9.27. The molecule has 0 fully saturated rings. The Morgan fingerprint density at radius 1 is 1.19 bits per heavy atom. The van der Waals surface area contributed by atoms with E-state index in [2.05, 4.69) is 28.7 Å². The summed E-state index contributed by atoms with van der Waals surface area (Å²) in [6.07, 6.45) is 8.64. The third-order valence-electron chi connectivity index (χ3n) is 8.28. The molecule has 4 rings (SSSR count). The van der Waals surface area contributed by atoms with Crippen LogP contribution in [0.25, 0.3) is 11.0 Å². The first-order chi connectivity index (χ1) is 19.2. The molecule has 3 atom stereocenters. The van der Waals surface area contributed by atoms with Gasteiger partial charge in [0.2, 0.25) is 0 Å². The summed E-state index contributed by atoms with van der Waals surface area (Å²) in [5.41, 5.74) is 3.79. The number of aromatic amines is 1. The predicted octanol–water partition coefficient (Wildman–Crippen LogP) is 6.06. The molecule has 8 nitrogen and oxygen atoms in total. The summed E-state index contributed by atoms with van der Waals surface area (Å²) in [6, 6.07) is 6.87. The molecule has 0 spiro atoms. The number of hydrogen-bond donors (Lipinski definition) is 2. The number of unbranched alkanes of at least 4 members (excludes halogenated alkanes) is 3. The van der Waals surface area contributed by atoms with E-state index in [-0.39, 0.29) is 48.2 Å². The summed E-state index contributed by atoms with van der Waals surface area (Å²) >= 11 is 0. The first-order valence-corrected chi connectivity index (χ1v) is 14.6. The zero-order chi connectivity index (χ0) is 28.6. The standard InChI is InChI=1S/C31H43FN4O4.2ClH/c1-21(2)29-23(9-8-22-18-24(32)10-11-25(22)29)20-40-28(30(37)38)13-17-35(3)15-6-4-5-7-16-36-27-19-33-14-12-26(27)34-31(36)39;;/h10-12,14,18-19,21,23,28-29H,4-9,13,15-17,20H2,1-3H3,(H,34,39)(H,37,38);2*1H/t23?,28-,29-;;/m0../s1. The molecule has 1 aliphatic carbocycles. The Balaban J connectivity index is 0.00000308. The van der Waals surface area contributed by atoms with Crippen LogP contribution in [0, 0.1) is 17.7 Å². The zero-order valence-corrected chi connectivity index (χ0v) is 26.4. The van der Waals surface area contributed by atoms with Crippen LogP contribution < -0.4 is 5.69 Å². The maximum Gasteiger partial charge on any atom is 0.332 e. The summed E-state index contributed by atoms with van der Waals surface area (Å²) in [5, 5.41) is 9.80. The van der Waals surface area contributed by atoms with Crippen molar-refractivity contribution in [2.45, 2.75) is 77.4 Å². The lowest BCUT2D eigenvalue weighted by Gasteiger charge is -2.36. The lowest BCUT2D eigenvalue weighted by atomic mass is 9.70. The van der Waals surface area contributed by atoms with Crippen LogP contribution in [0.4, 0.5) is 4.39 Å². The second-order valence-electron chi connectivity index (χ2n) is 11.6. The number of aromatic nitrogens is 3. The minimum absolute atomic E-state index is 0. The lowest BCUT2D eigenvalue weighted by Crippen LogP contribution is -2.34. The highest BCUT2D eigenvalue weighted by molar-refractivity contribution is 5.85. The number of rotatable bonds is 15. The number of imidazole rings is 1. The first kappa shape index (κ1) is 35.7. The number of ether oxygens (including phenoxy) is 1. The van der Waals surface area contributed by atoms with E-state index in [0.717, 1.165) is 61.7 Å². The molecule has 0 radical (unpaired) electrons. The van der Waals surface area contributed by atoms with E-state index in [1.165, 1.54) is 11.6 Å². The van der Waals surface area contributed by atoms with E-state index >= 15 is 0 Å². The summed E-state index contributed by atoms with van der Waals surface area (Å²) in [4.78, 5) is 33.3. The molecule has 3 aromatic rings. The molecular weight excluding hydrogens is 582 g/mol. The Hall–Kier alpha value is -2.46. The highest BCUT2D eigenvalue weighted by Crippen LogP contribution is 2.41. The minimum atomic E-state index is -0.921. The number of H-pyrrole nitrogens is 1. The maximum atomic E-state index is 13.7. The average Bonchev–Trinajstić information content (AvgIpc) is 3.24. The number of aryl methyl sites for hydroxylation is 2. The van der Waals surface area contributed by atoms with E-state index in [0.29, 0.717) is 32.0 Å². The van der Waals surface area contributed by atoms with Gasteiger partial charge in [0.1, 0.15) is 5.82 Å². The van der Waals surface area contributed by atoms with Crippen molar-refractivity contribution in [2.24, 2.45) is 11.8 Å². The van der Waals surface area contributed by atoms with Crippen molar-refractivity contribution in [3.8, 4) is 0 Å². The van der Waals surface area contributed by atoms with Crippen molar-refractivity contribution in [3.63, 3.8) is 0 Å². The van der Waals surface area contributed by atoms with Crippen molar-refractivity contribution < 1.29 is 19.0 Å². The van der Waals surface area contributed by atoms with Crippen LogP contribution >= 0.6 is 24.8 Å². The van der Waals surface area contributed by atoms with Gasteiger partial charge in [-0.1, -0.05) is 32.8 Å². The summed E-state index contributed by atoms with van der Waals surface area (Å²) < 4.78 is 21.5. The third-order valence-corrected chi connectivity index (χ3v) is 8.28. The van der Waals surface area contributed by atoms with Gasteiger partial charge < -0.3 is 19.7 Å². The Morgan fingerprint density at radius 2 is 1.95 bits per heavy atom. The van der Waals surface area contributed by atoms with Crippen molar-refractivity contribution in [3.05, 3.63) is 64.1 Å². The van der Waals surface area contributed by atoms with Crippen molar-refractivity contribution >= 4 is 41.8 Å². The molecule has 2 N–H and O–H groups in total. The smallest absolute Gasteiger partial charge is 0.332 e. The van der Waals surface area contributed by atoms with Gasteiger partial charge in [-0.15, -0.1) is 24.8 Å². The average molecular weight is 628 g/mol. The molecular formula is C31H45Cl2FN4O4. The maximum absolute atomic E-state index is 13.7. The van der Waals surface area contributed by atoms with Gasteiger partial charge in [0, 0.05) is 19.3 Å². The van der Waals surface area contributed by atoms with Crippen molar-refractivity contribution in [1.82, 2.24) is 19.4 Å². The Labute approximate surface area is 259 Å². The SMILES string of the molecule is CC(C)[C@@H]1c2ccc(F)cc2CCC1CO[C@@H](CCN(C)CCCCCCn1c(=O)[nH]c2ccncc21)C(=O)O.Cl.Cl. The summed E-state index contributed by atoms with van der Waals surface area (Å²) in [7, 11) is 2.02. The number of pyridine rings is 1. The molecule has 0 bridgehead atoms. The van der Waals surface area contributed by atoms with E-state index in [1.54, 1.807) is 23.0 Å². The molecule has 0 amide bonds. The molecule has 234 valence electrons. The van der Waals surface area contributed by atoms with Crippen LogP contribution in [0.1, 0.15) is 69.4 Å². The Kier molecular flexibility index (Phi) is 14.5. The summed E-state index contributed by atoms with van der Waals surface area (Å²) in [6.45, 7) is 6.93. The molecule has 0 saturated carbocycles. The largest absolute Gasteiger partial charge is 0.479 e. The lowest BCUT2D eigenvalue weighted by molar-refractivity contribution is -0.152. The molecule has 1 aliphatic rings. The van der Waals surface area contributed by atoms with Crippen molar-refractivity contribution in [2.75, 3.05) is 26.7 Å². The van der Waals surface area contributed by atoms with Gasteiger partial charge in [0.15, 0.2) is 6.10 Å². The summed E-state index contributed by atoms with van der Waals surface area (Å²) in [5.74, 6) is -0.323. The van der Waals surface area contributed by atoms with Gasteiger partial charge in [-0.2, -0.15) is 0 Å². The Morgan fingerprint density at radius 3 is 2.69 bits per heavy atom. The normalized spacial score (nSPS) is 17.1. The van der Waals surface area contributed by atoms with Crippen LogP contribution in [0.5, 0.6) is 0 Å². The quantitative estimate of drug-likeness (QED) is 0.199. The van der Waals surface area contributed by atoms with E-state index < -0.39 is 12.1 Å². The second-order valence-corrected chi connectivity index (χ2v) is 11.6. The monoisotopic (exact) mass is 626 g/mol. The topological polar surface area (TPSA) is 100 Å². The van der Waals surface area contributed by atoms with E-state index in [1.807, 2.05) is 19.2 Å². The Bertz CT molecular complexity index is 1330. The minimum Gasteiger partial charge on any atom is -0.479 e. The molecule has 42 heavy (non-hydrogen) atoms. The van der Waals surface area contributed by atoms with Gasteiger partial charge in [0.25, 0.3) is 0 Å². The van der Waals surface area contributed by atoms with Crippen LogP contribution in [0.2, 0.25) is 0 Å². The number of carboxylic acids is 1. The fourth-order valence-corrected chi connectivity index (χ4v) is 6.17.